The van der Waals surface area contributed by atoms with E-state index in [1.807, 2.05) is 0 Å². The predicted octanol–water partition coefficient (Wildman–Crippen LogP) is 12.3. The topological polar surface area (TPSA) is 48.0 Å². The zero-order chi connectivity index (χ0) is 33.4. The Morgan fingerprint density at radius 2 is 1.04 bits per heavy atom. The molecular formula is C41H81NO4. The molecule has 1 aliphatic heterocycles. The number of rotatable bonds is 35. The number of esters is 1. The molecule has 2 unspecified atom stereocenters. The van der Waals surface area contributed by atoms with Gasteiger partial charge in [-0.1, -0.05) is 155 Å². The summed E-state index contributed by atoms with van der Waals surface area (Å²) in [6.45, 7) is 7.00. The van der Waals surface area contributed by atoms with E-state index in [1.165, 1.54) is 141 Å². The van der Waals surface area contributed by atoms with E-state index < -0.39 is 0 Å². The second-order valence-corrected chi connectivity index (χ2v) is 14.9. The molecule has 1 fully saturated rings. The highest BCUT2D eigenvalue weighted by Crippen LogP contribution is 2.36. The first-order valence-corrected chi connectivity index (χ1v) is 20.6. The van der Waals surface area contributed by atoms with Gasteiger partial charge in [0.1, 0.15) is 0 Å². The Balaban J connectivity index is 2.16. The average molecular weight is 652 g/mol. The first kappa shape index (κ1) is 43.4. The summed E-state index contributed by atoms with van der Waals surface area (Å²) in [5.41, 5.74) is 0. The van der Waals surface area contributed by atoms with Gasteiger partial charge in [0.05, 0.1) is 19.3 Å². The molecule has 0 aromatic rings. The van der Waals surface area contributed by atoms with Crippen molar-refractivity contribution in [3.05, 3.63) is 0 Å². The van der Waals surface area contributed by atoms with Gasteiger partial charge >= 0.3 is 5.97 Å². The summed E-state index contributed by atoms with van der Waals surface area (Å²) in [6, 6.07) is 0. The molecule has 2 atom stereocenters. The smallest absolute Gasteiger partial charge is 0.305 e. The number of hydrogen-bond donors (Lipinski definition) is 0. The lowest BCUT2D eigenvalue weighted by Gasteiger charge is -2.28. The summed E-state index contributed by atoms with van der Waals surface area (Å²) in [7, 11) is 4.29. The maximum Gasteiger partial charge on any atom is 0.305 e. The molecule has 0 aliphatic carbocycles. The maximum absolute atomic E-state index is 12.0. The lowest BCUT2D eigenvalue weighted by Crippen LogP contribution is -2.31. The van der Waals surface area contributed by atoms with Crippen LogP contribution in [0.25, 0.3) is 0 Å². The maximum atomic E-state index is 12.0. The number of unbranched alkanes of at least 4 members (excludes halogenated alkanes) is 23. The monoisotopic (exact) mass is 652 g/mol. The third kappa shape index (κ3) is 26.3. The minimum atomic E-state index is -0.356. The van der Waals surface area contributed by atoms with Crippen LogP contribution >= 0.6 is 0 Å². The molecule has 1 saturated heterocycles. The second kappa shape index (κ2) is 31.6. The highest BCUT2D eigenvalue weighted by molar-refractivity contribution is 5.69. The van der Waals surface area contributed by atoms with Gasteiger partial charge in [0.15, 0.2) is 5.79 Å². The Morgan fingerprint density at radius 1 is 0.609 bits per heavy atom. The van der Waals surface area contributed by atoms with Gasteiger partial charge in [0, 0.05) is 19.3 Å². The third-order valence-electron chi connectivity index (χ3n) is 9.91. The predicted molar refractivity (Wildman–Crippen MR) is 198 cm³/mol. The van der Waals surface area contributed by atoms with Gasteiger partial charge in [-0.2, -0.15) is 0 Å². The molecule has 0 spiro atoms. The number of hydrogen-bond acceptors (Lipinski definition) is 5. The van der Waals surface area contributed by atoms with Crippen molar-refractivity contribution in [2.24, 2.45) is 0 Å². The number of nitrogens with zero attached hydrogens (tertiary/aromatic N) is 1. The molecule has 1 rings (SSSR count). The van der Waals surface area contributed by atoms with E-state index in [-0.39, 0.29) is 17.9 Å². The van der Waals surface area contributed by atoms with Gasteiger partial charge in [-0.05, 0) is 59.2 Å². The highest BCUT2D eigenvalue weighted by Gasteiger charge is 2.40. The molecule has 274 valence electrons. The van der Waals surface area contributed by atoms with Crippen LogP contribution in [0.2, 0.25) is 0 Å². The molecule has 0 aromatic heterocycles. The van der Waals surface area contributed by atoms with Crippen LogP contribution in [0.1, 0.15) is 213 Å². The van der Waals surface area contributed by atoms with E-state index in [4.69, 9.17) is 14.2 Å². The molecule has 0 N–H and O–H groups in total. The Labute approximate surface area is 288 Å². The fourth-order valence-electron chi connectivity index (χ4n) is 6.88. The zero-order valence-corrected chi connectivity index (χ0v) is 31.7. The van der Waals surface area contributed by atoms with Crippen molar-refractivity contribution in [3.63, 3.8) is 0 Å². The van der Waals surface area contributed by atoms with Crippen LogP contribution in [-0.2, 0) is 19.0 Å². The van der Waals surface area contributed by atoms with Crippen molar-refractivity contribution in [1.29, 1.82) is 0 Å². The molecule has 0 bridgehead atoms. The SMILES string of the molecule is CCCCCCCCCCCCCCCCC1(CCCCCCCOC(=O)CCCCCCCCC)OCC(CCCN(C)C)O1. The van der Waals surface area contributed by atoms with Crippen LogP contribution in [0, 0.1) is 0 Å². The summed E-state index contributed by atoms with van der Waals surface area (Å²) in [4.78, 5) is 14.3. The molecule has 0 radical (unpaired) electrons. The number of ether oxygens (including phenoxy) is 3. The van der Waals surface area contributed by atoms with Gasteiger partial charge < -0.3 is 19.1 Å². The van der Waals surface area contributed by atoms with Gasteiger partial charge in [-0.25, -0.2) is 0 Å². The van der Waals surface area contributed by atoms with Crippen LogP contribution in [0.3, 0.4) is 0 Å². The van der Waals surface area contributed by atoms with Gasteiger partial charge in [0.25, 0.3) is 0 Å². The molecule has 5 heteroatoms. The summed E-state index contributed by atoms with van der Waals surface area (Å²) >= 11 is 0. The van der Waals surface area contributed by atoms with Crippen molar-refractivity contribution in [2.75, 3.05) is 33.9 Å². The van der Waals surface area contributed by atoms with E-state index in [2.05, 4.69) is 32.8 Å². The minimum Gasteiger partial charge on any atom is -0.466 e. The summed E-state index contributed by atoms with van der Waals surface area (Å²) in [5.74, 6) is -0.361. The van der Waals surface area contributed by atoms with Gasteiger partial charge in [0.2, 0.25) is 0 Å². The molecule has 46 heavy (non-hydrogen) atoms. The molecule has 0 saturated carbocycles. The minimum absolute atomic E-state index is 0.00494. The lowest BCUT2D eigenvalue weighted by molar-refractivity contribution is -0.180. The van der Waals surface area contributed by atoms with E-state index in [1.54, 1.807) is 0 Å². The Bertz CT molecular complexity index is 656. The zero-order valence-electron chi connectivity index (χ0n) is 31.7. The third-order valence-corrected chi connectivity index (χ3v) is 9.91. The van der Waals surface area contributed by atoms with Crippen molar-refractivity contribution < 1.29 is 19.0 Å². The quantitative estimate of drug-likeness (QED) is 0.0504. The van der Waals surface area contributed by atoms with Crippen molar-refractivity contribution >= 4 is 5.97 Å². The fraction of sp³-hybridized carbons (Fsp3) is 0.976. The van der Waals surface area contributed by atoms with Crippen molar-refractivity contribution in [1.82, 2.24) is 4.90 Å². The number of carbonyl (C=O) groups excluding carboxylic acids is 1. The second-order valence-electron chi connectivity index (χ2n) is 14.9. The molecule has 1 heterocycles. The van der Waals surface area contributed by atoms with E-state index in [0.29, 0.717) is 13.0 Å². The van der Waals surface area contributed by atoms with E-state index in [0.717, 1.165) is 64.5 Å². The largest absolute Gasteiger partial charge is 0.466 e. The Kier molecular flexibility index (Phi) is 29.8. The van der Waals surface area contributed by atoms with Crippen LogP contribution < -0.4 is 0 Å². The Hall–Kier alpha value is -0.650. The van der Waals surface area contributed by atoms with Gasteiger partial charge in [-0.3, -0.25) is 4.79 Å². The first-order chi connectivity index (χ1) is 22.5. The average Bonchev–Trinajstić information content (AvgIpc) is 3.44. The number of carbonyl (C=O) groups is 1. The normalized spacial score (nSPS) is 18.2. The van der Waals surface area contributed by atoms with Crippen molar-refractivity contribution in [3.8, 4) is 0 Å². The fourth-order valence-corrected chi connectivity index (χ4v) is 6.88. The first-order valence-electron chi connectivity index (χ1n) is 20.6. The van der Waals surface area contributed by atoms with Crippen LogP contribution in [-0.4, -0.2) is 56.6 Å². The van der Waals surface area contributed by atoms with Gasteiger partial charge in [-0.15, -0.1) is 0 Å². The molecule has 1 aliphatic rings. The van der Waals surface area contributed by atoms with Crippen LogP contribution in [0.5, 0.6) is 0 Å². The van der Waals surface area contributed by atoms with Crippen LogP contribution in [0.4, 0.5) is 0 Å². The summed E-state index contributed by atoms with van der Waals surface area (Å²) in [5, 5.41) is 0. The molecule has 0 aromatic carbocycles. The van der Waals surface area contributed by atoms with E-state index >= 15 is 0 Å². The summed E-state index contributed by atoms with van der Waals surface area (Å²) < 4.78 is 18.6. The van der Waals surface area contributed by atoms with Crippen LogP contribution in [0.15, 0.2) is 0 Å². The highest BCUT2D eigenvalue weighted by atomic mass is 16.7. The molecule has 5 nitrogen and oxygen atoms in total. The Morgan fingerprint density at radius 3 is 1.52 bits per heavy atom. The molecular weight excluding hydrogens is 570 g/mol. The summed E-state index contributed by atoms with van der Waals surface area (Å²) in [6.07, 6.45) is 38.9. The lowest BCUT2D eigenvalue weighted by atomic mass is 9.98. The van der Waals surface area contributed by atoms with Crippen molar-refractivity contribution in [2.45, 2.75) is 225 Å². The van der Waals surface area contributed by atoms with E-state index in [9.17, 15) is 4.79 Å². The molecule has 0 amide bonds. The standard InChI is InChI=1S/C41H81NO4/c1-5-7-9-11-13-14-15-16-17-18-19-21-24-28-34-41(45-38-39(46-41)32-31-36-42(3)4)35-29-25-22-26-30-37-44-40(43)33-27-23-20-12-10-8-6-2/h39H,5-38H2,1-4H3.